The monoisotopic (exact) mass is 274 g/mol. The molecular weight excluding hydrogens is 252 g/mol. The molecule has 3 heterocycles. The number of aromatic nitrogens is 1. The number of rotatable bonds is 4. The first-order valence-corrected chi connectivity index (χ1v) is 7.75. The van der Waals surface area contributed by atoms with E-state index in [0.29, 0.717) is 0 Å². The zero-order chi connectivity index (χ0) is 13.4. The molecule has 1 atom stereocenters. The summed E-state index contributed by atoms with van der Waals surface area (Å²) in [4.78, 5) is 6.80. The van der Waals surface area contributed by atoms with Crippen LogP contribution in [0.2, 0.25) is 0 Å². The third-order valence-electron chi connectivity index (χ3n) is 4.61. The van der Waals surface area contributed by atoms with Crippen LogP contribution in [0.4, 0.5) is 0 Å². The standard InChI is InChI=1S/C16H22N2O2/c1-2-7-17-15(3-1)20-14-6-8-19-16(9-14)11-18(12-16)10-13-4-5-13/h1-3,7,13-14H,4-6,8-12H2/t14-/m0/s1. The predicted molar refractivity (Wildman–Crippen MR) is 75.7 cm³/mol. The predicted octanol–water partition coefficient (Wildman–Crippen LogP) is 2.10. The van der Waals surface area contributed by atoms with Crippen molar-refractivity contribution in [3.05, 3.63) is 24.4 Å². The highest BCUT2D eigenvalue weighted by Gasteiger charge is 2.48. The first-order chi connectivity index (χ1) is 9.81. The van der Waals surface area contributed by atoms with Crippen LogP contribution >= 0.6 is 0 Å². The molecule has 0 aromatic carbocycles. The third kappa shape index (κ3) is 2.67. The van der Waals surface area contributed by atoms with Gasteiger partial charge in [-0.15, -0.1) is 0 Å². The molecule has 0 radical (unpaired) electrons. The van der Waals surface area contributed by atoms with E-state index in [-0.39, 0.29) is 11.7 Å². The fraction of sp³-hybridized carbons (Fsp3) is 0.688. The van der Waals surface area contributed by atoms with Gasteiger partial charge in [0.2, 0.25) is 5.88 Å². The summed E-state index contributed by atoms with van der Waals surface area (Å²) in [5, 5.41) is 0. The van der Waals surface area contributed by atoms with Gasteiger partial charge in [-0.1, -0.05) is 6.07 Å². The molecule has 4 nitrogen and oxygen atoms in total. The van der Waals surface area contributed by atoms with E-state index in [0.717, 1.165) is 44.3 Å². The Hall–Kier alpha value is -1.13. The number of hydrogen-bond acceptors (Lipinski definition) is 4. The average molecular weight is 274 g/mol. The minimum absolute atomic E-state index is 0.0621. The topological polar surface area (TPSA) is 34.6 Å². The maximum atomic E-state index is 6.06. The van der Waals surface area contributed by atoms with Crippen LogP contribution in [0.3, 0.4) is 0 Å². The van der Waals surface area contributed by atoms with Crippen LogP contribution in [0, 0.1) is 5.92 Å². The highest BCUT2D eigenvalue weighted by molar-refractivity contribution is 5.11. The Bertz CT molecular complexity index is 455. The summed E-state index contributed by atoms with van der Waals surface area (Å²) >= 11 is 0. The normalized spacial score (nSPS) is 29.1. The summed E-state index contributed by atoms with van der Waals surface area (Å²) in [5.41, 5.74) is 0.0621. The van der Waals surface area contributed by atoms with Crippen molar-refractivity contribution < 1.29 is 9.47 Å². The van der Waals surface area contributed by atoms with Gasteiger partial charge in [0.15, 0.2) is 0 Å². The summed E-state index contributed by atoms with van der Waals surface area (Å²) in [6.45, 7) is 4.27. The van der Waals surface area contributed by atoms with Crippen LogP contribution < -0.4 is 4.74 Å². The highest BCUT2D eigenvalue weighted by Crippen LogP contribution is 2.38. The van der Waals surface area contributed by atoms with E-state index in [4.69, 9.17) is 9.47 Å². The molecule has 20 heavy (non-hydrogen) atoms. The lowest BCUT2D eigenvalue weighted by atomic mass is 9.84. The quantitative estimate of drug-likeness (QED) is 0.842. The van der Waals surface area contributed by atoms with Crippen molar-refractivity contribution in [3.63, 3.8) is 0 Å². The molecule has 1 aromatic heterocycles. The van der Waals surface area contributed by atoms with Crippen molar-refractivity contribution in [1.82, 2.24) is 9.88 Å². The zero-order valence-corrected chi connectivity index (χ0v) is 11.8. The fourth-order valence-corrected chi connectivity index (χ4v) is 3.45. The first kappa shape index (κ1) is 12.6. The SMILES string of the molecule is c1ccc(O[C@H]2CCOC3(C2)CN(CC2CC2)C3)nc1. The van der Waals surface area contributed by atoms with Crippen molar-refractivity contribution in [3.8, 4) is 5.88 Å². The van der Waals surface area contributed by atoms with Gasteiger partial charge in [-0.3, -0.25) is 4.90 Å². The lowest BCUT2D eigenvalue weighted by molar-refractivity contribution is -0.186. The van der Waals surface area contributed by atoms with Gasteiger partial charge >= 0.3 is 0 Å². The van der Waals surface area contributed by atoms with Gasteiger partial charge in [0, 0.05) is 44.7 Å². The van der Waals surface area contributed by atoms with Crippen molar-refractivity contribution >= 4 is 0 Å². The van der Waals surface area contributed by atoms with Gasteiger partial charge in [-0.25, -0.2) is 4.98 Å². The van der Waals surface area contributed by atoms with Gasteiger partial charge in [-0.2, -0.15) is 0 Å². The Morgan fingerprint density at radius 1 is 1.30 bits per heavy atom. The molecule has 2 aliphatic heterocycles. The number of nitrogens with zero attached hydrogens (tertiary/aromatic N) is 2. The van der Waals surface area contributed by atoms with Crippen LogP contribution in [0.5, 0.6) is 5.88 Å². The molecule has 1 spiro atoms. The van der Waals surface area contributed by atoms with E-state index < -0.39 is 0 Å². The molecule has 2 saturated heterocycles. The summed E-state index contributed by atoms with van der Waals surface area (Å²) < 4.78 is 12.1. The smallest absolute Gasteiger partial charge is 0.213 e. The zero-order valence-electron chi connectivity index (χ0n) is 11.8. The molecular formula is C16H22N2O2. The van der Waals surface area contributed by atoms with Crippen LogP contribution in [-0.2, 0) is 4.74 Å². The summed E-state index contributed by atoms with van der Waals surface area (Å²) in [5.74, 6) is 1.71. The minimum Gasteiger partial charge on any atom is -0.474 e. The molecule has 3 fully saturated rings. The van der Waals surface area contributed by atoms with Gasteiger partial charge in [-0.05, 0) is 24.8 Å². The van der Waals surface area contributed by atoms with Crippen molar-refractivity contribution in [1.29, 1.82) is 0 Å². The maximum absolute atomic E-state index is 6.06. The van der Waals surface area contributed by atoms with Crippen molar-refractivity contribution in [2.45, 2.75) is 37.4 Å². The van der Waals surface area contributed by atoms with Crippen LogP contribution in [-0.4, -0.2) is 47.8 Å². The minimum atomic E-state index is 0.0621. The average Bonchev–Trinajstić information content (AvgIpc) is 3.23. The molecule has 1 aliphatic carbocycles. The molecule has 3 aliphatic rings. The number of hydrogen-bond donors (Lipinski definition) is 0. The number of pyridine rings is 1. The fourth-order valence-electron chi connectivity index (χ4n) is 3.45. The molecule has 1 aromatic rings. The maximum Gasteiger partial charge on any atom is 0.213 e. The summed E-state index contributed by atoms with van der Waals surface area (Å²) in [7, 11) is 0. The Morgan fingerprint density at radius 2 is 2.20 bits per heavy atom. The van der Waals surface area contributed by atoms with E-state index in [1.54, 1.807) is 6.20 Å². The Morgan fingerprint density at radius 3 is 2.95 bits per heavy atom. The second-order valence-corrected chi connectivity index (χ2v) is 6.55. The van der Waals surface area contributed by atoms with Gasteiger partial charge in [0.1, 0.15) is 6.10 Å². The highest BCUT2D eigenvalue weighted by atomic mass is 16.5. The Labute approximate surface area is 120 Å². The third-order valence-corrected chi connectivity index (χ3v) is 4.61. The second kappa shape index (κ2) is 5.01. The van der Waals surface area contributed by atoms with Crippen molar-refractivity contribution in [2.24, 2.45) is 5.92 Å². The van der Waals surface area contributed by atoms with Gasteiger partial charge in [0.05, 0.1) is 12.2 Å². The molecule has 0 unspecified atom stereocenters. The van der Waals surface area contributed by atoms with E-state index >= 15 is 0 Å². The number of likely N-dealkylation sites (tertiary alicyclic amines) is 1. The first-order valence-electron chi connectivity index (χ1n) is 7.75. The van der Waals surface area contributed by atoms with E-state index in [9.17, 15) is 0 Å². The lowest BCUT2D eigenvalue weighted by Gasteiger charge is -2.53. The number of ether oxygens (including phenoxy) is 2. The van der Waals surface area contributed by atoms with E-state index in [2.05, 4.69) is 9.88 Å². The largest absolute Gasteiger partial charge is 0.474 e. The molecule has 0 bridgehead atoms. The van der Waals surface area contributed by atoms with E-state index in [1.165, 1.54) is 19.4 Å². The molecule has 108 valence electrons. The summed E-state index contributed by atoms with van der Waals surface area (Å²) in [6, 6.07) is 5.82. The molecule has 0 N–H and O–H groups in total. The van der Waals surface area contributed by atoms with Crippen LogP contribution in [0.25, 0.3) is 0 Å². The molecule has 4 rings (SSSR count). The molecule has 1 saturated carbocycles. The lowest BCUT2D eigenvalue weighted by Crippen LogP contribution is -2.66. The van der Waals surface area contributed by atoms with E-state index in [1.807, 2.05) is 18.2 Å². The van der Waals surface area contributed by atoms with Crippen LogP contribution in [0.15, 0.2) is 24.4 Å². The van der Waals surface area contributed by atoms with Gasteiger partial charge < -0.3 is 9.47 Å². The Kier molecular flexibility index (Phi) is 3.15. The van der Waals surface area contributed by atoms with Crippen LogP contribution in [0.1, 0.15) is 25.7 Å². The Balaban J connectivity index is 1.32. The summed E-state index contributed by atoms with van der Waals surface area (Å²) in [6.07, 6.45) is 6.87. The van der Waals surface area contributed by atoms with Crippen molar-refractivity contribution in [2.75, 3.05) is 26.2 Å². The molecule has 0 amide bonds. The second-order valence-electron chi connectivity index (χ2n) is 6.55. The molecule has 4 heteroatoms. The van der Waals surface area contributed by atoms with Gasteiger partial charge in [0.25, 0.3) is 0 Å².